The van der Waals surface area contributed by atoms with Crippen molar-refractivity contribution < 1.29 is 17.1 Å². The van der Waals surface area contributed by atoms with Gasteiger partial charge in [-0.15, -0.1) is 0 Å². The second kappa shape index (κ2) is 9.55. The van der Waals surface area contributed by atoms with Crippen LogP contribution in [0, 0.1) is 0 Å². The molecule has 0 aliphatic carbocycles. The molecule has 2 N–H and O–H groups in total. The van der Waals surface area contributed by atoms with Gasteiger partial charge < -0.3 is 9.97 Å². The van der Waals surface area contributed by atoms with Crippen LogP contribution in [0.1, 0.15) is 22.8 Å². The zero-order valence-electron chi connectivity index (χ0n) is 19.7. The molecule has 0 saturated carbocycles. The van der Waals surface area contributed by atoms with Crippen LogP contribution < -0.4 is 0 Å². The Kier molecular flexibility index (Phi) is 5.93. The Balaban J connectivity index is 0.00000252. The van der Waals surface area contributed by atoms with E-state index in [0.717, 1.165) is 67.1 Å². The van der Waals surface area contributed by atoms with Gasteiger partial charge in [-0.05, 0) is 71.8 Å². The van der Waals surface area contributed by atoms with E-state index in [1.807, 2.05) is 12.1 Å². The normalized spacial score (nSPS) is 11.9. The van der Waals surface area contributed by atoms with E-state index in [1.165, 1.54) is 0 Å². The molecule has 5 heterocycles. The number of aromatic nitrogens is 4. The van der Waals surface area contributed by atoms with Gasteiger partial charge in [-0.1, -0.05) is 60.7 Å². The zero-order chi connectivity index (χ0) is 23.9. The minimum Gasteiger partial charge on any atom is -0.355 e. The largest absolute Gasteiger partial charge is 2.00 e. The molecule has 8 bridgehead atoms. The average molecular weight is 526 g/mol. The first-order chi connectivity index (χ1) is 17.8. The molecule has 0 amide bonds. The fourth-order valence-corrected chi connectivity index (χ4v) is 4.89. The van der Waals surface area contributed by atoms with Crippen molar-refractivity contribution in [1.29, 1.82) is 0 Å². The molecule has 7 rings (SSSR count). The summed E-state index contributed by atoms with van der Waals surface area (Å²) in [5, 5.41) is 0. The number of hydrogen-bond donors (Lipinski definition) is 2. The number of benzene rings is 2. The van der Waals surface area contributed by atoms with Crippen molar-refractivity contribution in [2.24, 2.45) is 0 Å². The predicted octanol–water partition coefficient (Wildman–Crippen LogP) is 7.99. The number of nitrogens with one attached hydrogen (secondary N) is 2. The van der Waals surface area contributed by atoms with Crippen LogP contribution in [0.25, 0.3) is 68.6 Å². The van der Waals surface area contributed by atoms with Crippen molar-refractivity contribution in [1.82, 2.24) is 19.9 Å². The van der Waals surface area contributed by atoms with Crippen molar-refractivity contribution in [2.45, 2.75) is 0 Å². The molecule has 0 atom stereocenters. The maximum absolute atomic E-state index is 4.99. The monoisotopic (exact) mass is 525 g/mol. The summed E-state index contributed by atoms with van der Waals surface area (Å²) < 4.78 is 0. The first-order valence-electron chi connectivity index (χ1n) is 12.0. The third-order valence-corrected chi connectivity index (χ3v) is 6.52. The predicted molar refractivity (Wildman–Crippen MR) is 150 cm³/mol. The van der Waals surface area contributed by atoms with Crippen molar-refractivity contribution in [2.75, 3.05) is 0 Å². The summed E-state index contributed by atoms with van der Waals surface area (Å²) in [6.45, 7) is 0. The third kappa shape index (κ3) is 4.36. The van der Waals surface area contributed by atoms with Gasteiger partial charge in [0, 0.05) is 33.2 Å². The minimum absolute atomic E-state index is 0. The Labute approximate surface area is 225 Å². The quantitative estimate of drug-likeness (QED) is 0.225. The van der Waals surface area contributed by atoms with E-state index in [0.29, 0.717) is 0 Å². The van der Waals surface area contributed by atoms with Crippen molar-refractivity contribution in [3.63, 3.8) is 0 Å². The molecular weight excluding hydrogens is 504 g/mol. The van der Waals surface area contributed by atoms with Gasteiger partial charge in [0.05, 0.1) is 22.8 Å². The van der Waals surface area contributed by atoms with Crippen LogP contribution in [-0.2, 0) is 17.1 Å². The molecule has 0 spiro atoms. The maximum atomic E-state index is 4.99. The second-order valence-corrected chi connectivity index (χ2v) is 8.94. The summed E-state index contributed by atoms with van der Waals surface area (Å²) in [4.78, 5) is 17.2. The summed E-state index contributed by atoms with van der Waals surface area (Å²) >= 11 is 0. The molecule has 2 aromatic carbocycles. The molecule has 1 radical (unpaired) electrons. The van der Waals surface area contributed by atoms with Crippen molar-refractivity contribution in [3.05, 3.63) is 120 Å². The van der Waals surface area contributed by atoms with Gasteiger partial charge in [0.25, 0.3) is 0 Å². The number of fused-ring (bicyclic) bond motifs is 8. The molecular formula is C32H22CuN4+2. The van der Waals surface area contributed by atoms with Crippen LogP contribution in [0.15, 0.2) is 97.1 Å². The number of rotatable bonds is 2. The van der Waals surface area contributed by atoms with Gasteiger partial charge in [0.15, 0.2) is 0 Å². The third-order valence-electron chi connectivity index (χ3n) is 6.52. The molecule has 0 unspecified atom stereocenters. The van der Waals surface area contributed by atoms with E-state index in [2.05, 4.69) is 119 Å². The Morgan fingerprint density at radius 2 is 0.892 bits per heavy atom. The topological polar surface area (TPSA) is 57.4 Å². The van der Waals surface area contributed by atoms with E-state index in [1.54, 1.807) is 0 Å². The number of H-pyrrole nitrogens is 2. The molecule has 2 aliphatic rings. The average Bonchev–Trinajstić information content (AvgIpc) is 3.72. The van der Waals surface area contributed by atoms with Gasteiger partial charge in [-0.2, -0.15) is 0 Å². The van der Waals surface area contributed by atoms with Gasteiger partial charge >= 0.3 is 17.1 Å². The van der Waals surface area contributed by atoms with Crippen LogP contribution in [0.3, 0.4) is 0 Å². The van der Waals surface area contributed by atoms with Crippen LogP contribution in [0.4, 0.5) is 0 Å². The smallest absolute Gasteiger partial charge is 0.355 e. The van der Waals surface area contributed by atoms with E-state index >= 15 is 0 Å². The van der Waals surface area contributed by atoms with Crippen LogP contribution in [0.5, 0.6) is 0 Å². The fraction of sp³-hybridized carbons (Fsp3) is 0. The first-order valence-corrected chi connectivity index (χ1v) is 12.0. The van der Waals surface area contributed by atoms with Gasteiger partial charge in [0.1, 0.15) is 0 Å². The summed E-state index contributed by atoms with van der Waals surface area (Å²) in [6, 6.07) is 33.4. The molecule has 5 aromatic rings. The molecule has 3 aromatic heterocycles. The summed E-state index contributed by atoms with van der Waals surface area (Å²) in [5.74, 6) is 0. The van der Waals surface area contributed by atoms with E-state index in [4.69, 9.17) is 9.97 Å². The Morgan fingerprint density at radius 1 is 0.459 bits per heavy atom. The molecule has 4 nitrogen and oxygen atoms in total. The molecule has 2 aliphatic heterocycles. The van der Waals surface area contributed by atoms with Crippen molar-refractivity contribution in [3.8, 4) is 22.3 Å². The summed E-state index contributed by atoms with van der Waals surface area (Å²) in [6.07, 6.45) is 8.32. The standard InChI is InChI=1S/C32H22N4.Cu/c1-3-7-21(8-4-1)31-27-15-11-23(33-27)19-25-13-17-29(35-25)32(22-9-5-2-6-10-22)30-18-14-26(36-30)20-24-12-16-28(31)34-24;/h1-20,33,36H;/q;+2. The number of aromatic amines is 2. The fourth-order valence-electron chi connectivity index (χ4n) is 4.89. The first kappa shape index (κ1) is 23.0. The summed E-state index contributed by atoms with van der Waals surface area (Å²) in [5.41, 5.74) is 12.1. The Hall–Kier alpha value is -4.44. The van der Waals surface area contributed by atoms with Gasteiger partial charge in [-0.25, -0.2) is 9.97 Å². The van der Waals surface area contributed by atoms with Crippen LogP contribution >= 0.6 is 0 Å². The maximum Gasteiger partial charge on any atom is 2.00 e. The Bertz CT molecular complexity index is 1690. The van der Waals surface area contributed by atoms with Crippen LogP contribution in [0.2, 0.25) is 0 Å². The van der Waals surface area contributed by atoms with Gasteiger partial charge in [0.2, 0.25) is 0 Å². The second-order valence-electron chi connectivity index (χ2n) is 8.94. The molecule has 0 saturated heterocycles. The van der Waals surface area contributed by atoms with E-state index < -0.39 is 0 Å². The zero-order valence-corrected chi connectivity index (χ0v) is 20.7. The molecule has 37 heavy (non-hydrogen) atoms. The SMILES string of the molecule is C1=Cc2nc1cc1ccc([nH]1)c(-c1ccccc1)c1nc(cc3ccc([nH]3)c2-c2ccccc2)C=C1.[Cu+2]. The number of hydrogen-bond acceptors (Lipinski definition) is 2. The van der Waals surface area contributed by atoms with Crippen LogP contribution in [-0.4, -0.2) is 19.9 Å². The molecule has 179 valence electrons. The Morgan fingerprint density at radius 3 is 1.32 bits per heavy atom. The summed E-state index contributed by atoms with van der Waals surface area (Å²) in [7, 11) is 0. The van der Waals surface area contributed by atoms with E-state index in [9.17, 15) is 0 Å². The molecule has 5 heteroatoms. The minimum atomic E-state index is 0. The molecule has 0 fully saturated rings. The van der Waals surface area contributed by atoms with E-state index in [-0.39, 0.29) is 17.1 Å². The van der Waals surface area contributed by atoms with Crippen molar-refractivity contribution >= 4 is 46.4 Å². The van der Waals surface area contributed by atoms with Gasteiger partial charge in [-0.3, -0.25) is 0 Å². The number of nitrogens with zero attached hydrogens (tertiary/aromatic N) is 2.